The normalized spacial score (nSPS) is 11.1. The maximum absolute atomic E-state index is 13.2. The number of rotatable bonds is 7. The second-order valence-electron chi connectivity index (χ2n) is 6.14. The maximum Gasteiger partial charge on any atom is 0.255 e. The second-order valence-corrected chi connectivity index (χ2v) is 8.02. The Morgan fingerprint density at radius 3 is 2.52 bits per heavy atom. The molecule has 6 nitrogen and oxygen atoms in total. The van der Waals surface area contributed by atoms with Gasteiger partial charge in [0.25, 0.3) is 5.91 Å². The van der Waals surface area contributed by atoms with Gasteiger partial charge in [-0.2, -0.15) is 0 Å². The lowest BCUT2D eigenvalue weighted by Crippen LogP contribution is -2.19. The zero-order valence-electron chi connectivity index (χ0n) is 15.6. The molecule has 0 aliphatic carbocycles. The van der Waals surface area contributed by atoms with Gasteiger partial charge in [-0.25, -0.2) is 17.5 Å². The Kier molecular flexibility index (Phi) is 6.26. The highest BCUT2D eigenvalue weighted by molar-refractivity contribution is 7.89. The van der Waals surface area contributed by atoms with Crippen molar-refractivity contribution in [3.63, 3.8) is 0 Å². The first-order valence-corrected chi connectivity index (χ1v) is 10.2. The van der Waals surface area contributed by atoms with E-state index in [1.807, 2.05) is 6.07 Å². The molecule has 3 aromatic rings. The molecule has 0 fully saturated rings. The first kappa shape index (κ1) is 20.5. The third-order valence-corrected chi connectivity index (χ3v) is 5.47. The average Bonchev–Trinajstić information content (AvgIpc) is 2.73. The molecule has 0 aliphatic rings. The number of halogens is 1. The fourth-order valence-electron chi connectivity index (χ4n) is 2.59. The molecule has 0 saturated carbocycles. The molecule has 0 radical (unpaired) electrons. The number of hydrogen-bond acceptors (Lipinski definition) is 4. The van der Waals surface area contributed by atoms with Gasteiger partial charge in [0.2, 0.25) is 10.0 Å². The summed E-state index contributed by atoms with van der Waals surface area (Å²) in [5, 5.41) is 2.73. The second kappa shape index (κ2) is 8.85. The molecule has 0 aliphatic heterocycles. The van der Waals surface area contributed by atoms with Gasteiger partial charge in [0.1, 0.15) is 18.2 Å². The number of carbonyl (C=O) groups excluding carboxylic acids is 1. The molecule has 0 atom stereocenters. The van der Waals surface area contributed by atoms with Crippen molar-refractivity contribution in [1.29, 1.82) is 0 Å². The number of anilines is 1. The average molecular weight is 414 g/mol. The van der Waals surface area contributed by atoms with Crippen LogP contribution < -0.4 is 14.8 Å². The molecular weight excluding hydrogens is 395 g/mol. The van der Waals surface area contributed by atoms with Gasteiger partial charge in [-0.3, -0.25) is 4.79 Å². The number of ether oxygens (including phenoxy) is 1. The SMILES string of the molecule is CNS(=O)(=O)c1cccc(C(=O)Nc2cccc(COc3cccc(F)c3)c2)c1. The van der Waals surface area contributed by atoms with Crippen molar-refractivity contribution in [1.82, 2.24) is 4.72 Å². The van der Waals surface area contributed by atoms with Crippen LogP contribution in [-0.2, 0) is 16.6 Å². The lowest BCUT2D eigenvalue weighted by molar-refractivity contribution is 0.102. The van der Waals surface area contributed by atoms with Crippen LogP contribution in [0.25, 0.3) is 0 Å². The molecule has 3 aromatic carbocycles. The molecule has 29 heavy (non-hydrogen) atoms. The molecule has 0 spiro atoms. The highest BCUT2D eigenvalue weighted by Gasteiger charge is 2.14. The third kappa shape index (κ3) is 5.40. The molecule has 0 unspecified atom stereocenters. The third-order valence-electron chi connectivity index (χ3n) is 4.06. The number of carbonyl (C=O) groups is 1. The van der Waals surface area contributed by atoms with E-state index in [1.54, 1.807) is 30.3 Å². The van der Waals surface area contributed by atoms with Gasteiger partial charge >= 0.3 is 0 Å². The topological polar surface area (TPSA) is 84.5 Å². The van der Waals surface area contributed by atoms with E-state index in [0.717, 1.165) is 5.56 Å². The minimum atomic E-state index is -3.64. The van der Waals surface area contributed by atoms with Crippen molar-refractivity contribution in [2.45, 2.75) is 11.5 Å². The van der Waals surface area contributed by atoms with Crippen molar-refractivity contribution >= 4 is 21.6 Å². The molecule has 0 bridgehead atoms. The molecule has 2 N–H and O–H groups in total. The smallest absolute Gasteiger partial charge is 0.255 e. The van der Waals surface area contributed by atoms with E-state index in [9.17, 15) is 17.6 Å². The van der Waals surface area contributed by atoms with E-state index in [-0.39, 0.29) is 22.9 Å². The number of nitrogens with one attached hydrogen (secondary N) is 2. The summed E-state index contributed by atoms with van der Waals surface area (Å²) in [5.41, 5.74) is 1.51. The summed E-state index contributed by atoms with van der Waals surface area (Å²) in [7, 11) is -2.34. The molecule has 8 heteroatoms. The molecule has 3 rings (SSSR count). The highest BCUT2D eigenvalue weighted by atomic mass is 32.2. The van der Waals surface area contributed by atoms with Gasteiger partial charge in [-0.15, -0.1) is 0 Å². The predicted molar refractivity (Wildman–Crippen MR) is 108 cm³/mol. The van der Waals surface area contributed by atoms with Crippen molar-refractivity contribution in [3.8, 4) is 5.75 Å². The van der Waals surface area contributed by atoms with Crippen LogP contribution in [0.1, 0.15) is 15.9 Å². The van der Waals surface area contributed by atoms with Crippen LogP contribution in [0.4, 0.5) is 10.1 Å². The molecule has 0 saturated heterocycles. The molecule has 0 heterocycles. The summed E-state index contributed by atoms with van der Waals surface area (Å²) in [4.78, 5) is 12.5. The van der Waals surface area contributed by atoms with E-state index >= 15 is 0 Å². The van der Waals surface area contributed by atoms with Crippen molar-refractivity contribution in [2.24, 2.45) is 0 Å². The van der Waals surface area contributed by atoms with Gasteiger partial charge < -0.3 is 10.1 Å². The van der Waals surface area contributed by atoms with Crippen LogP contribution in [0.3, 0.4) is 0 Å². The summed E-state index contributed by atoms with van der Waals surface area (Å²) in [6.45, 7) is 0.197. The van der Waals surface area contributed by atoms with Gasteiger partial charge in [0.05, 0.1) is 4.90 Å². The standard InChI is InChI=1S/C21H19FN2O4S/c1-23-29(26,27)20-10-3-6-16(12-20)21(25)24-18-8-2-5-15(11-18)14-28-19-9-4-7-17(22)13-19/h2-13,23H,14H2,1H3,(H,24,25). The Hall–Kier alpha value is -3.23. The largest absolute Gasteiger partial charge is 0.489 e. The Morgan fingerprint density at radius 1 is 1.00 bits per heavy atom. The highest BCUT2D eigenvalue weighted by Crippen LogP contribution is 2.18. The van der Waals surface area contributed by atoms with Gasteiger partial charge in [0.15, 0.2) is 0 Å². The van der Waals surface area contributed by atoms with Crippen LogP contribution in [0.2, 0.25) is 0 Å². The lowest BCUT2D eigenvalue weighted by atomic mass is 10.2. The van der Waals surface area contributed by atoms with E-state index in [0.29, 0.717) is 11.4 Å². The molecule has 1 amide bonds. The van der Waals surface area contributed by atoms with Crippen molar-refractivity contribution in [3.05, 3.63) is 89.7 Å². The molecule has 0 aromatic heterocycles. The summed E-state index contributed by atoms with van der Waals surface area (Å²) in [5.74, 6) is -0.422. The van der Waals surface area contributed by atoms with E-state index in [1.165, 1.54) is 43.4 Å². The summed E-state index contributed by atoms with van der Waals surface area (Å²) in [6, 6.07) is 18.6. The number of sulfonamides is 1. The zero-order valence-corrected chi connectivity index (χ0v) is 16.4. The Morgan fingerprint density at radius 2 is 1.76 bits per heavy atom. The van der Waals surface area contributed by atoms with E-state index in [4.69, 9.17) is 4.74 Å². The van der Waals surface area contributed by atoms with Gasteiger partial charge in [-0.1, -0.05) is 24.3 Å². The predicted octanol–water partition coefficient (Wildman–Crippen LogP) is 3.57. The summed E-state index contributed by atoms with van der Waals surface area (Å²) < 4.78 is 44.8. The van der Waals surface area contributed by atoms with Crippen LogP contribution in [0.15, 0.2) is 77.7 Å². The Bertz CT molecular complexity index is 1130. The van der Waals surface area contributed by atoms with Crippen LogP contribution in [-0.4, -0.2) is 21.4 Å². The zero-order chi connectivity index (χ0) is 20.9. The van der Waals surface area contributed by atoms with Gasteiger partial charge in [-0.05, 0) is 55.1 Å². The monoisotopic (exact) mass is 414 g/mol. The van der Waals surface area contributed by atoms with E-state index in [2.05, 4.69) is 10.0 Å². The van der Waals surface area contributed by atoms with Crippen LogP contribution >= 0.6 is 0 Å². The van der Waals surface area contributed by atoms with Crippen molar-refractivity contribution < 1.29 is 22.3 Å². The van der Waals surface area contributed by atoms with E-state index < -0.39 is 15.9 Å². The number of amides is 1. The van der Waals surface area contributed by atoms with Crippen LogP contribution in [0, 0.1) is 5.82 Å². The quantitative estimate of drug-likeness (QED) is 0.619. The van der Waals surface area contributed by atoms with Crippen molar-refractivity contribution in [2.75, 3.05) is 12.4 Å². The minimum absolute atomic E-state index is 0.00453. The first-order chi connectivity index (χ1) is 13.9. The van der Waals surface area contributed by atoms with Gasteiger partial charge in [0, 0.05) is 17.3 Å². The fraction of sp³-hybridized carbons (Fsp3) is 0.0952. The fourth-order valence-corrected chi connectivity index (χ4v) is 3.36. The first-order valence-electron chi connectivity index (χ1n) is 8.70. The number of hydrogen-bond donors (Lipinski definition) is 2. The maximum atomic E-state index is 13.2. The Balaban J connectivity index is 1.70. The lowest BCUT2D eigenvalue weighted by Gasteiger charge is -2.10. The van der Waals surface area contributed by atoms with Crippen LogP contribution in [0.5, 0.6) is 5.75 Å². The molecular formula is C21H19FN2O4S. The summed E-state index contributed by atoms with van der Waals surface area (Å²) in [6.07, 6.45) is 0. The summed E-state index contributed by atoms with van der Waals surface area (Å²) >= 11 is 0. The number of benzene rings is 3. The molecule has 150 valence electrons. The minimum Gasteiger partial charge on any atom is -0.489 e. The Labute approximate surface area is 168 Å².